The summed E-state index contributed by atoms with van der Waals surface area (Å²) >= 11 is 0. The van der Waals surface area contributed by atoms with Crippen LogP contribution in [0.5, 0.6) is 0 Å². The van der Waals surface area contributed by atoms with Crippen LogP contribution in [0.2, 0.25) is 0 Å². The van der Waals surface area contributed by atoms with Crippen molar-refractivity contribution in [3.8, 4) is 0 Å². The molecule has 0 bridgehead atoms. The highest BCUT2D eigenvalue weighted by molar-refractivity contribution is 5.84. The molecule has 1 saturated heterocycles. The van der Waals surface area contributed by atoms with Crippen LogP contribution in [0.4, 0.5) is 30.7 Å². The van der Waals surface area contributed by atoms with Gasteiger partial charge in [-0.3, -0.25) is 4.79 Å². The van der Waals surface area contributed by atoms with Crippen molar-refractivity contribution in [2.75, 3.05) is 0 Å². The Kier molecular flexibility index (Phi) is 7.11. The minimum Gasteiger partial charge on any atom is -0.370 e. The van der Waals surface area contributed by atoms with E-state index in [0.717, 1.165) is 5.56 Å². The maximum absolute atomic E-state index is 13.6. The van der Waals surface area contributed by atoms with E-state index in [4.69, 9.17) is 4.74 Å². The number of hydrogen-bond acceptors (Lipinski definition) is 2. The molecule has 0 aromatic heterocycles. The van der Waals surface area contributed by atoms with Gasteiger partial charge in [0.25, 0.3) is 0 Å². The largest absolute Gasteiger partial charge is 0.416 e. The van der Waals surface area contributed by atoms with Crippen molar-refractivity contribution >= 4 is 5.91 Å². The molecule has 2 aliphatic rings. The predicted octanol–water partition coefficient (Wildman–Crippen LogP) is 7.42. The van der Waals surface area contributed by atoms with Gasteiger partial charge in [-0.2, -0.15) is 26.3 Å². The summed E-state index contributed by atoms with van der Waals surface area (Å²) in [6.45, 7) is 5.10. The number of benzene rings is 2. The van der Waals surface area contributed by atoms with E-state index in [1.807, 2.05) is 13.8 Å². The van der Waals surface area contributed by atoms with Gasteiger partial charge in [-0.1, -0.05) is 26.0 Å². The van der Waals surface area contributed by atoms with Crippen LogP contribution in [0.1, 0.15) is 74.3 Å². The van der Waals surface area contributed by atoms with E-state index in [1.165, 1.54) is 19.1 Å². The molecule has 1 heterocycles. The number of ether oxygens (including phenoxy) is 1. The van der Waals surface area contributed by atoms with E-state index in [2.05, 4.69) is 5.32 Å². The Bertz CT molecular complexity index is 1110. The van der Waals surface area contributed by atoms with Gasteiger partial charge >= 0.3 is 12.4 Å². The first-order valence-corrected chi connectivity index (χ1v) is 12.1. The molecule has 0 radical (unpaired) electrons. The van der Waals surface area contributed by atoms with E-state index in [-0.39, 0.29) is 35.4 Å². The van der Waals surface area contributed by atoms with Crippen molar-refractivity contribution < 1.29 is 40.3 Å². The minimum absolute atomic E-state index is 0.0864. The van der Waals surface area contributed by atoms with Crippen molar-refractivity contribution in [2.45, 2.75) is 76.6 Å². The molecule has 2 unspecified atom stereocenters. The molecule has 1 N–H and O–H groups in total. The lowest BCUT2D eigenvalue weighted by atomic mass is 9.79. The lowest BCUT2D eigenvalue weighted by Crippen LogP contribution is -2.36. The molecular weight excluding hydrogens is 503 g/mol. The fourth-order valence-electron chi connectivity index (χ4n) is 5.61. The number of carbonyl (C=O) groups excluding carboxylic acids is 1. The van der Waals surface area contributed by atoms with E-state index in [1.54, 1.807) is 12.1 Å². The fourth-order valence-corrected chi connectivity index (χ4v) is 5.61. The van der Waals surface area contributed by atoms with Gasteiger partial charge in [0.2, 0.25) is 5.91 Å². The van der Waals surface area contributed by atoms with Gasteiger partial charge in [-0.05, 0) is 73.6 Å². The minimum atomic E-state index is -4.96. The summed E-state index contributed by atoms with van der Waals surface area (Å²) in [6, 6.07) is 7.06. The van der Waals surface area contributed by atoms with E-state index in [0.29, 0.717) is 31.4 Å². The first-order valence-electron chi connectivity index (χ1n) is 12.1. The third kappa shape index (κ3) is 5.78. The average Bonchev–Trinajstić information content (AvgIpc) is 3.32. The highest BCUT2D eigenvalue weighted by atomic mass is 19.4. The Morgan fingerprint density at radius 2 is 1.51 bits per heavy atom. The molecule has 1 saturated carbocycles. The highest BCUT2D eigenvalue weighted by Crippen LogP contribution is 2.48. The second-order valence-electron chi connectivity index (χ2n) is 10.6. The molecule has 1 amide bonds. The van der Waals surface area contributed by atoms with Gasteiger partial charge in [0, 0.05) is 17.4 Å². The Hall–Kier alpha value is -2.62. The summed E-state index contributed by atoms with van der Waals surface area (Å²) in [7, 11) is 0. The molecule has 1 aliphatic heterocycles. The molecule has 10 heteroatoms. The number of amides is 1. The van der Waals surface area contributed by atoms with Crippen LogP contribution in [0.3, 0.4) is 0 Å². The smallest absolute Gasteiger partial charge is 0.370 e. The summed E-state index contributed by atoms with van der Waals surface area (Å²) < 4.78 is 100.0. The summed E-state index contributed by atoms with van der Waals surface area (Å²) in [5, 5.41) is 3.03. The van der Waals surface area contributed by atoms with Gasteiger partial charge in [0.15, 0.2) is 0 Å². The van der Waals surface area contributed by atoms with Gasteiger partial charge in [-0.25, -0.2) is 4.39 Å². The zero-order valence-electron chi connectivity index (χ0n) is 20.5. The van der Waals surface area contributed by atoms with Gasteiger partial charge < -0.3 is 10.1 Å². The SMILES string of the molecule is C[C@@H](OC1CC[C@@H](C2CC(C)(C)C(=O)N2)[C@@H]1c1ccc(F)cc1)c1cc(C(F)(F)F)cc(C(F)(F)F)c1. The summed E-state index contributed by atoms with van der Waals surface area (Å²) in [5.74, 6) is -0.962. The Balaban J connectivity index is 1.65. The molecule has 202 valence electrons. The highest BCUT2D eigenvalue weighted by Gasteiger charge is 2.49. The molecule has 3 nitrogen and oxygen atoms in total. The monoisotopic (exact) mass is 531 g/mol. The van der Waals surface area contributed by atoms with Crippen LogP contribution in [0.25, 0.3) is 0 Å². The summed E-state index contributed by atoms with van der Waals surface area (Å²) in [4.78, 5) is 12.4. The lowest BCUT2D eigenvalue weighted by molar-refractivity contribution is -0.143. The zero-order valence-corrected chi connectivity index (χ0v) is 20.5. The maximum atomic E-state index is 13.6. The average molecular weight is 532 g/mol. The molecule has 2 aromatic carbocycles. The Labute approximate surface area is 210 Å². The predicted molar refractivity (Wildman–Crippen MR) is 122 cm³/mol. The standard InChI is InChI=1S/C27H28F7NO2/c1-14(16-10-17(26(29,30)31)12-18(11-16)27(32,33)34)37-22-9-8-20(21-13-25(2,3)24(36)35-21)23(22)15-4-6-19(28)7-5-15/h4-7,10-12,14,20-23H,8-9,13H2,1-3H3,(H,35,36)/t14-,20+,21?,22?,23+/m1/s1. The number of rotatable bonds is 5. The van der Waals surface area contributed by atoms with Crippen LogP contribution < -0.4 is 5.32 Å². The van der Waals surface area contributed by atoms with Crippen LogP contribution >= 0.6 is 0 Å². The van der Waals surface area contributed by atoms with Crippen LogP contribution in [0.15, 0.2) is 42.5 Å². The second-order valence-corrected chi connectivity index (χ2v) is 10.6. The molecule has 4 rings (SSSR count). The van der Waals surface area contributed by atoms with E-state index in [9.17, 15) is 35.5 Å². The molecule has 2 fully saturated rings. The number of carbonyl (C=O) groups is 1. The quantitative estimate of drug-likeness (QED) is 0.408. The van der Waals surface area contributed by atoms with Gasteiger partial charge in [-0.15, -0.1) is 0 Å². The number of nitrogens with one attached hydrogen (secondary N) is 1. The second kappa shape index (κ2) is 9.60. The van der Waals surface area contributed by atoms with Crippen molar-refractivity contribution in [3.05, 3.63) is 70.5 Å². The van der Waals surface area contributed by atoms with Crippen molar-refractivity contribution in [1.29, 1.82) is 0 Å². The first kappa shape index (κ1) is 27.4. The topological polar surface area (TPSA) is 38.3 Å². The zero-order chi connectivity index (χ0) is 27.3. The van der Waals surface area contributed by atoms with Gasteiger partial charge in [0.05, 0.1) is 23.3 Å². The van der Waals surface area contributed by atoms with Crippen molar-refractivity contribution in [1.82, 2.24) is 5.32 Å². The molecule has 5 atom stereocenters. The molecule has 2 aromatic rings. The van der Waals surface area contributed by atoms with Crippen LogP contribution in [-0.2, 0) is 21.9 Å². The lowest BCUT2D eigenvalue weighted by Gasteiger charge is -2.31. The third-order valence-electron chi connectivity index (χ3n) is 7.54. The van der Waals surface area contributed by atoms with Crippen molar-refractivity contribution in [3.63, 3.8) is 0 Å². The maximum Gasteiger partial charge on any atom is 0.416 e. The summed E-state index contributed by atoms with van der Waals surface area (Å²) in [5.41, 5.74) is -2.87. The molecule has 37 heavy (non-hydrogen) atoms. The molecular formula is C27H28F7NO2. The first-order chi connectivity index (χ1) is 17.1. The van der Waals surface area contributed by atoms with Crippen LogP contribution in [-0.4, -0.2) is 18.1 Å². The number of alkyl halides is 6. The third-order valence-corrected chi connectivity index (χ3v) is 7.54. The molecule has 0 spiro atoms. The normalized spacial score (nSPS) is 26.8. The van der Waals surface area contributed by atoms with Gasteiger partial charge in [0.1, 0.15) is 5.82 Å². The van der Waals surface area contributed by atoms with E-state index < -0.39 is 46.9 Å². The Morgan fingerprint density at radius 3 is 2.00 bits per heavy atom. The fraction of sp³-hybridized carbons (Fsp3) is 0.519. The van der Waals surface area contributed by atoms with Crippen LogP contribution in [0, 0.1) is 17.2 Å². The number of halogens is 7. The molecule has 1 aliphatic carbocycles. The summed E-state index contributed by atoms with van der Waals surface area (Å²) in [6.07, 6.45) is -9.89. The van der Waals surface area contributed by atoms with Crippen molar-refractivity contribution in [2.24, 2.45) is 11.3 Å². The Morgan fingerprint density at radius 1 is 0.946 bits per heavy atom. The van der Waals surface area contributed by atoms with E-state index >= 15 is 0 Å². The number of hydrogen-bond donors (Lipinski definition) is 1.